The summed E-state index contributed by atoms with van der Waals surface area (Å²) in [4.78, 5) is 60.1. The molecule has 14 aromatic rings. The molecule has 0 aliphatic carbocycles. The molecule has 16 heteroatoms. The molecule has 0 amide bonds. The highest BCUT2D eigenvalue weighted by molar-refractivity contribution is 7.97. The molecule has 0 fully saturated rings. The second-order valence-corrected chi connectivity index (χ2v) is 39.6. The molecule has 604 valence electrons. The third kappa shape index (κ3) is 25.7. The summed E-state index contributed by atoms with van der Waals surface area (Å²) in [6.45, 7) is 25.8. The monoisotopic (exact) mass is 1650 g/mol. The first kappa shape index (κ1) is 87.3. The number of carbonyl (C=O) groups excluding carboxylic acids is 4. The lowest BCUT2D eigenvalue weighted by atomic mass is 10.1. The zero-order chi connectivity index (χ0) is 84.0. The number of rotatable bonds is 22. The van der Waals surface area contributed by atoms with Gasteiger partial charge in [0.25, 0.3) is 0 Å². The topological polar surface area (TPSA) is 142 Å². The Morgan fingerprint density at radius 2 is 0.525 bits per heavy atom. The predicted octanol–water partition coefficient (Wildman–Crippen LogP) is 24.7. The van der Waals surface area contributed by atoms with E-state index >= 15 is 0 Å². The maximum absolute atomic E-state index is 12.1. The summed E-state index contributed by atoms with van der Waals surface area (Å²) in [6.07, 6.45) is 0. The molecule has 0 saturated carbocycles. The number of ether oxygens (including phenoxy) is 8. The Bertz CT molecular complexity index is 5450. The minimum absolute atomic E-state index is 0.0893. The lowest BCUT2D eigenvalue weighted by Crippen LogP contribution is -2.27. The molecular formula is C102H104O12S4+4. The molecule has 0 radical (unpaired) electrons. The van der Waals surface area contributed by atoms with Crippen molar-refractivity contribution in [3.05, 3.63) is 339 Å². The Morgan fingerprint density at radius 3 is 0.864 bits per heavy atom. The fraction of sp³-hybridized carbons (Fsp3) is 0.216. The van der Waals surface area contributed by atoms with Crippen molar-refractivity contribution in [2.24, 2.45) is 0 Å². The first-order valence-electron chi connectivity index (χ1n) is 39.2. The highest BCUT2D eigenvalue weighted by Crippen LogP contribution is 2.49. The number of fused-ring (bicyclic) bond motifs is 4. The van der Waals surface area contributed by atoms with Crippen LogP contribution in [0.2, 0.25) is 0 Å². The van der Waals surface area contributed by atoms with Gasteiger partial charge in [-0.15, -0.1) is 0 Å². The summed E-state index contributed by atoms with van der Waals surface area (Å²) in [5.41, 5.74) is -0.0307. The smallest absolute Gasteiger partial charge is 0.344 e. The predicted molar refractivity (Wildman–Crippen MR) is 482 cm³/mol. The van der Waals surface area contributed by atoms with E-state index in [-0.39, 0.29) is 93.5 Å². The van der Waals surface area contributed by atoms with E-state index in [0.717, 1.165) is 16.9 Å². The van der Waals surface area contributed by atoms with E-state index in [4.69, 9.17) is 37.9 Å². The Hall–Kier alpha value is -11.5. The van der Waals surface area contributed by atoms with Gasteiger partial charge in [0.2, 0.25) is 0 Å². The average molecular weight is 1650 g/mol. The highest BCUT2D eigenvalue weighted by atomic mass is 32.2. The standard InChI is InChI=1S/C28H27O3S.C26H29O3S.C24H23O3S.C24H25O3S/c1-28(2,3)31-27(29)20-30-23-14-17-25(18-15-23)32(24-11-5-4-6-12-24)26-16-13-21-9-7-8-10-22(21)19-26;1-19-16-23(17-20(2)25(19)28-18-24(27)29-26(3,4)5)30(21-12-8-6-9-13-21)22-14-10-7-11-15-22;1-24(2,3)27-23(25)16-26-17-12-14-18(15-13-17)28-21-10-6-4-8-19(21)20-9-5-7-11-22(20)28;1-24(2,3)27-23(25)18-26-19-14-16-22(17-15-19)28(20-10-6-4-7-11-20)21-12-8-5-9-13-21/h4-19H,20H2,1-3H3;6-17H,18H2,1-5H3;4-15H,16H2,1-3H3;4-17H,18H2,1-3H3/q4*+1. The van der Waals surface area contributed by atoms with Gasteiger partial charge in [0.15, 0.2) is 84.8 Å². The van der Waals surface area contributed by atoms with Crippen LogP contribution in [0.4, 0.5) is 0 Å². The number of hydrogen-bond donors (Lipinski definition) is 0. The normalized spacial score (nSPS) is 11.7. The molecule has 0 aliphatic rings. The molecule has 0 bridgehead atoms. The van der Waals surface area contributed by atoms with E-state index in [1.165, 1.54) is 79.9 Å². The van der Waals surface area contributed by atoms with Crippen LogP contribution in [0.15, 0.2) is 372 Å². The molecule has 14 rings (SSSR count). The van der Waals surface area contributed by atoms with Gasteiger partial charge in [-0.1, -0.05) is 140 Å². The van der Waals surface area contributed by atoms with Gasteiger partial charge in [-0.05, 0) is 277 Å². The van der Waals surface area contributed by atoms with Gasteiger partial charge in [-0.25, -0.2) is 19.2 Å². The molecule has 13 aromatic carbocycles. The van der Waals surface area contributed by atoms with Gasteiger partial charge in [0.1, 0.15) is 45.4 Å². The van der Waals surface area contributed by atoms with Crippen LogP contribution in [0.3, 0.4) is 0 Å². The van der Waals surface area contributed by atoms with Crippen molar-refractivity contribution in [1.82, 2.24) is 0 Å². The highest BCUT2D eigenvalue weighted by Gasteiger charge is 2.34. The molecule has 0 N–H and O–H groups in total. The van der Waals surface area contributed by atoms with E-state index in [9.17, 15) is 19.2 Å². The average Bonchev–Trinajstić information content (AvgIpc) is 1.59. The van der Waals surface area contributed by atoms with E-state index in [1.807, 2.05) is 164 Å². The van der Waals surface area contributed by atoms with Crippen molar-refractivity contribution in [1.29, 1.82) is 0 Å². The fourth-order valence-electron chi connectivity index (χ4n) is 12.7. The van der Waals surface area contributed by atoms with Crippen LogP contribution < -0.4 is 18.9 Å². The SMILES string of the molecule is CC(C)(C)OC(=O)COc1ccc(-[s+]2c3ccccc3c3ccccc32)cc1.CC(C)(C)OC(=O)COc1ccc([S+](c2ccccc2)c2ccc3ccccc3c2)cc1.CC(C)(C)OC(=O)COc1ccc([S+](c2ccccc2)c2ccccc2)cc1.Cc1cc([S+](c2ccccc2)c2ccccc2)cc(C)c1OCC(=O)OC(C)(C)C. The van der Waals surface area contributed by atoms with E-state index in [1.54, 1.807) is 0 Å². The molecule has 12 nitrogen and oxygen atoms in total. The van der Waals surface area contributed by atoms with Crippen LogP contribution in [0.25, 0.3) is 35.8 Å². The Labute approximate surface area is 706 Å². The molecule has 1 unspecified atom stereocenters. The molecular weight excluding hydrogens is 1550 g/mol. The van der Waals surface area contributed by atoms with Gasteiger partial charge < -0.3 is 37.9 Å². The summed E-state index contributed by atoms with van der Waals surface area (Å²) in [7, 11) is -0.787. The van der Waals surface area contributed by atoms with E-state index in [2.05, 4.69) is 261 Å². The number of carbonyl (C=O) groups is 4. The maximum Gasteiger partial charge on any atom is 0.344 e. The largest absolute Gasteiger partial charge is 0.482 e. The fourth-order valence-corrected chi connectivity index (χ4v) is 21.6. The van der Waals surface area contributed by atoms with Crippen LogP contribution in [0.5, 0.6) is 23.0 Å². The maximum atomic E-state index is 12.1. The number of aryl methyl sites for hydroxylation is 2. The molecule has 118 heavy (non-hydrogen) atoms. The third-order valence-corrected chi connectivity index (χ3v) is 26.3. The van der Waals surface area contributed by atoms with Crippen molar-refractivity contribution < 1.29 is 57.1 Å². The summed E-state index contributed by atoms with van der Waals surface area (Å²) < 4.78 is 46.6. The van der Waals surface area contributed by atoms with Gasteiger partial charge in [-0.2, -0.15) is 0 Å². The Morgan fingerprint density at radius 1 is 0.263 bits per heavy atom. The minimum atomic E-state index is -0.520. The van der Waals surface area contributed by atoms with Gasteiger partial charge >= 0.3 is 23.9 Å². The van der Waals surface area contributed by atoms with Crippen LogP contribution in [0.1, 0.15) is 94.2 Å². The van der Waals surface area contributed by atoms with Crippen molar-refractivity contribution in [3.63, 3.8) is 0 Å². The first-order chi connectivity index (χ1) is 56.5. The molecule has 0 spiro atoms. The Balaban J connectivity index is 0.000000154. The van der Waals surface area contributed by atoms with Crippen LogP contribution in [-0.2, 0) is 70.8 Å². The van der Waals surface area contributed by atoms with Crippen molar-refractivity contribution in [3.8, 4) is 27.9 Å². The van der Waals surface area contributed by atoms with Crippen molar-refractivity contribution in [2.45, 2.75) is 163 Å². The summed E-state index contributed by atoms with van der Waals surface area (Å²) in [5.74, 6) is 1.24. The second-order valence-electron chi connectivity index (χ2n) is 31.6. The first-order valence-corrected chi connectivity index (χ1v) is 44.1. The number of thiophene rings is 1. The van der Waals surface area contributed by atoms with Crippen molar-refractivity contribution in [2.75, 3.05) is 26.4 Å². The van der Waals surface area contributed by atoms with Gasteiger partial charge in [-0.3, -0.25) is 0 Å². The van der Waals surface area contributed by atoms with Crippen LogP contribution in [0, 0.1) is 13.8 Å². The van der Waals surface area contributed by atoms with Gasteiger partial charge in [0.05, 0.1) is 32.7 Å². The lowest BCUT2D eigenvalue weighted by Gasteiger charge is -2.20. The molecule has 0 aliphatic heterocycles. The zero-order valence-corrected chi connectivity index (χ0v) is 72.8. The van der Waals surface area contributed by atoms with E-state index < -0.39 is 22.4 Å². The van der Waals surface area contributed by atoms with Crippen molar-refractivity contribution >= 4 is 98.0 Å². The summed E-state index contributed by atoms with van der Waals surface area (Å²) >= 11 is 0. The zero-order valence-electron chi connectivity index (χ0n) is 69.5. The molecule has 0 saturated heterocycles. The number of hydrogen-bond acceptors (Lipinski definition) is 12. The molecule has 1 aromatic heterocycles. The Kier molecular flexibility index (Phi) is 30.0. The van der Waals surface area contributed by atoms with Crippen LogP contribution in [-0.4, -0.2) is 72.7 Å². The lowest BCUT2D eigenvalue weighted by molar-refractivity contribution is -0.158. The van der Waals surface area contributed by atoms with Gasteiger partial charge in [0, 0.05) is 51.6 Å². The summed E-state index contributed by atoms with van der Waals surface area (Å²) in [6, 6.07) is 113. The second kappa shape index (κ2) is 40.6. The minimum Gasteiger partial charge on any atom is -0.482 e. The van der Waals surface area contributed by atoms with E-state index in [0.29, 0.717) is 17.2 Å². The number of benzene rings is 13. The quantitative estimate of drug-likeness (QED) is 0.0362. The molecule has 1 atom stereocenters. The summed E-state index contributed by atoms with van der Waals surface area (Å²) in [5, 5.41) is 5.09. The molecule has 1 heterocycles. The number of esters is 4. The van der Waals surface area contributed by atoms with Crippen LogP contribution >= 0.6 is 10.5 Å². The third-order valence-electron chi connectivity index (χ3n) is 17.3.